The molecule has 1 saturated carbocycles. The number of ether oxygens (including phenoxy) is 1. The van der Waals surface area contributed by atoms with Gasteiger partial charge in [-0.25, -0.2) is 0 Å². The number of hydrogen-bond donors (Lipinski definition) is 2. The topological polar surface area (TPSA) is 78.9 Å². The quantitative estimate of drug-likeness (QED) is 0.877. The lowest BCUT2D eigenvalue weighted by Crippen LogP contribution is -2.49. The van der Waals surface area contributed by atoms with Crippen molar-refractivity contribution < 1.29 is 19.4 Å². The van der Waals surface area contributed by atoms with E-state index in [0.29, 0.717) is 36.4 Å². The van der Waals surface area contributed by atoms with Crippen molar-refractivity contribution in [2.75, 3.05) is 0 Å². The first-order chi connectivity index (χ1) is 12.0. The van der Waals surface area contributed by atoms with E-state index < -0.39 is 12.1 Å². The van der Waals surface area contributed by atoms with Crippen molar-refractivity contribution in [3.05, 3.63) is 41.6 Å². The van der Waals surface area contributed by atoms with Gasteiger partial charge in [0, 0.05) is 17.8 Å². The van der Waals surface area contributed by atoms with Crippen LogP contribution in [0.3, 0.4) is 0 Å². The van der Waals surface area contributed by atoms with E-state index in [4.69, 9.17) is 4.74 Å². The lowest BCUT2D eigenvalue weighted by atomic mass is 10.0. The van der Waals surface area contributed by atoms with Crippen LogP contribution >= 0.6 is 0 Å². The van der Waals surface area contributed by atoms with Gasteiger partial charge in [0.25, 0.3) is 5.91 Å². The molecule has 2 heterocycles. The van der Waals surface area contributed by atoms with Crippen LogP contribution in [0.4, 0.5) is 0 Å². The number of aliphatic hydroxyl groups excluding tert-OH is 1. The van der Waals surface area contributed by atoms with Gasteiger partial charge >= 0.3 is 0 Å². The van der Waals surface area contributed by atoms with Crippen LogP contribution in [0.5, 0.6) is 5.75 Å². The van der Waals surface area contributed by atoms with Crippen molar-refractivity contribution in [2.45, 2.75) is 56.9 Å². The number of hydrogen-bond acceptors (Lipinski definition) is 4. The molecule has 0 bridgehead atoms. The highest BCUT2D eigenvalue weighted by atomic mass is 16.5. The predicted molar refractivity (Wildman–Crippen MR) is 90.9 cm³/mol. The first-order valence-electron chi connectivity index (χ1n) is 8.80. The molecule has 0 aromatic heterocycles. The van der Waals surface area contributed by atoms with Gasteiger partial charge in [0.2, 0.25) is 5.91 Å². The van der Waals surface area contributed by atoms with E-state index >= 15 is 0 Å². The molecule has 6 nitrogen and oxygen atoms in total. The van der Waals surface area contributed by atoms with Crippen LogP contribution in [0.25, 0.3) is 0 Å². The van der Waals surface area contributed by atoms with Gasteiger partial charge in [0.15, 0.2) is 0 Å². The van der Waals surface area contributed by atoms with Gasteiger partial charge in [0.05, 0.1) is 6.10 Å². The molecule has 4 rings (SSSR count). The number of benzene rings is 1. The highest BCUT2D eigenvalue weighted by molar-refractivity contribution is 6.01. The summed E-state index contributed by atoms with van der Waals surface area (Å²) in [7, 11) is 0. The summed E-state index contributed by atoms with van der Waals surface area (Å²) in [4.78, 5) is 26.5. The molecule has 1 aliphatic carbocycles. The van der Waals surface area contributed by atoms with E-state index in [2.05, 4.69) is 11.9 Å². The third-order valence-corrected chi connectivity index (χ3v) is 5.31. The Morgan fingerprint density at radius 1 is 1.24 bits per heavy atom. The third-order valence-electron chi connectivity index (χ3n) is 5.31. The number of fused-ring (bicyclic) bond motifs is 1. The Morgan fingerprint density at radius 3 is 2.80 bits per heavy atom. The fourth-order valence-electron chi connectivity index (χ4n) is 3.92. The van der Waals surface area contributed by atoms with Gasteiger partial charge in [-0.2, -0.15) is 0 Å². The second kappa shape index (κ2) is 6.19. The van der Waals surface area contributed by atoms with Gasteiger partial charge in [-0.3, -0.25) is 9.59 Å². The van der Waals surface area contributed by atoms with Crippen LogP contribution in [-0.4, -0.2) is 40.1 Å². The van der Waals surface area contributed by atoms with Crippen LogP contribution in [0.1, 0.15) is 48.0 Å². The van der Waals surface area contributed by atoms with E-state index in [0.717, 1.165) is 24.8 Å². The number of carbonyl (C=O) groups is 2. The summed E-state index contributed by atoms with van der Waals surface area (Å²) in [5.41, 5.74) is 2.19. The monoisotopic (exact) mass is 342 g/mol. The molecule has 1 aromatic carbocycles. The molecule has 132 valence electrons. The maximum atomic E-state index is 12.7. The van der Waals surface area contributed by atoms with Gasteiger partial charge in [-0.1, -0.05) is 6.58 Å². The van der Waals surface area contributed by atoms with Gasteiger partial charge in [-0.05, 0) is 55.9 Å². The Bertz CT molecular complexity index is 745. The number of allylic oxidation sites excluding steroid dienone is 1. The van der Waals surface area contributed by atoms with Crippen molar-refractivity contribution >= 4 is 11.8 Å². The summed E-state index contributed by atoms with van der Waals surface area (Å²) in [5, 5.41) is 12.6. The highest BCUT2D eigenvalue weighted by Gasteiger charge is 2.38. The smallest absolute Gasteiger partial charge is 0.255 e. The predicted octanol–water partition coefficient (Wildman–Crippen LogP) is 1.73. The normalized spacial score (nSPS) is 28.9. The van der Waals surface area contributed by atoms with Crippen molar-refractivity contribution in [3.8, 4) is 5.75 Å². The van der Waals surface area contributed by atoms with E-state index in [1.807, 2.05) is 6.07 Å². The molecule has 3 aliphatic rings. The zero-order chi connectivity index (χ0) is 17.6. The zero-order valence-corrected chi connectivity index (χ0v) is 14.0. The first kappa shape index (κ1) is 16.1. The van der Waals surface area contributed by atoms with E-state index in [1.165, 1.54) is 0 Å². The summed E-state index contributed by atoms with van der Waals surface area (Å²) in [5.74, 6) is 0.388. The Balaban J connectivity index is 1.51. The lowest BCUT2D eigenvalue weighted by Gasteiger charge is -2.30. The molecule has 2 fully saturated rings. The molecule has 25 heavy (non-hydrogen) atoms. The molecule has 1 unspecified atom stereocenters. The van der Waals surface area contributed by atoms with Crippen LogP contribution in [0, 0.1) is 0 Å². The summed E-state index contributed by atoms with van der Waals surface area (Å²) in [6, 6.07) is 4.94. The minimum absolute atomic E-state index is 0.116. The van der Waals surface area contributed by atoms with E-state index in [1.54, 1.807) is 17.0 Å². The molecule has 2 aliphatic heterocycles. The van der Waals surface area contributed by atoms with Gasteiger partial charge < -0.3 is 20.1 Å². The number of carbonyl (C=O) groups excluding carboxylic acids is 2. The number of piperidine rings is 1. The molecule has 1 aromatic rings. The fourth-order valence-corrected chi connectivity index (χ4v) is 3.92. The number of amides is 2. The van der Waals surface area contributed by atoms with Crippen LogP contribution in [0.2, 0.25) is 0 Å². The minimum Gasteiger partial charge on any atom is -0.488 e. The number of nitrogens with one attached hydrogen (secondary N) is 1. The molecular formula is C19H22N2O4. The summed E-state index contributed by atoms with van der Waals surface area (Å²) in [6.07, 6.45) is 3.25. The van der Waals surface area contributed by atoms with Gasteiger partial charge in [-0.15, -0.1) is 0 Å². The number of rotatable bonds is 3. The number of nitrogens with zero attached hydrogens (tertiary/aromatic N) is 1. The summed E-state index contributed by atoms with van der Waals surface area (Å²) in [6.45, 7) is 4.18. The highest BCUT2D eigenvalue weighted by Crippen LogP contribution is 2.32. The lowest BCUT2D eigenvalue weighted by molar-refractivity contribution is -0.126. The fraction of sp³-hybridized carbons (Fsp3) is 0.474. The van der Waals surface area contributed by atoms with Crippen LogP contribution in [0.15, 0.2) is 30.5 Å². The van der Waals surface area contributed by atoms with Gasteiger partial charge in [0.1, 0.15) is 17.9 Å². The SMILES string of the molecule is C=C1CCC(N2Cc3cc(O[C@H]4CCC[C@H]4O)ccc3C2=O)C(=O)N1. The van der Waals surface area contributed by atoms with Crippen molar-refractivity contribution in [3.63, 3.8) is 0 Å². The van der Waals surface area contributed by atoms with Crippen molar-refractivity contribution in [2.24, 2.45) is 0 Å². The Hall–Kier alpha value is -2.34. The number of aliphatic hydroxyl groups is 1. The third kappa shape index (κ3) is 2.91. The molecule has 2 N–H and O–H groups in total. The zero-order valence-electron chi connectivity index (χ0n) is 14.0. The van der Waals surface area contributed by atoms with Crippen molar-refractivity contribution in [1.29, 1.82) is 0 Å². The second-order valence-corrected chi connectivity index (χ2v) is 7.05. The second-order valence-electron chi connectivity index (χ2n) is 7.05. The molecule has 6 heteroatoms. The summed E-state index contributed by atoms with van der Waals surface area (Å²) < 4.78 is 5.89. The molecular weight excluding hydrogens is 320 g/mol. The Morgan fingerprint density at radius 2 is 2.08 bits per heavy atom. The minimum atomic E-state index is -0.452. The standard InChI is InChI=1S/C19H22N2O4/c1-11-5-8-15(18(23)20-11)21-10-12-9-13(6-7-14(12)19(21)24)25-17-4-2-3-16(17)22/h6-7,9,15-17,22H,1-5,8,10H2,(H,20,23)/t15?,16-,17+/m1/s1. The molecule has 0 radical (unpaired) electrons. The molecule has 1 saturated heterocycles. The van der Waals surface area contributed by atoms with Crippen LogP contribution in [-0.2, 0) is 11.3 Å². The van der Waals surface area contributed by atoms with E-state index in [-0.39, 0.29) is 17.9 Å². The Labute approximate surface area is 146 Å². The molecule has 3 atom stereocenters. The summed E-state index contributed by atoms with van der Waals surface area (Å²) >= 11 is 0. The van der Waals surface area contributed by atoms with Crippen molar-refractivity contribution in [1.82, 2.24) is 10.2 Å². The molecule has 2 amide bonds. The average molecular weight is 342 g/mol. The maximum absolute atomic E-state index is 12.7. The van der Waals surface area contributed by atoms with E-state index in [9.17, 15) is 14.7 Å². The Kier molecular flexibility index (Phi) is 4.00. The first-order valence-corrected chi connectivity index (χ1v) is 8.80. The largest absolute Gasteiger partial charge is 0.488 e. The maximum Gasteiger partial charge on any atom is 0.255 e. The van der Waals surface area contributed by atoms with Crippen LogP contribution < -0.4 is 10.1 Å². The average Bonchev–Trinajstić information content (AvgIpc) is 3.12. The molecule has 0 spiro atoms.